The zero-order valence-corrected chi connectivity index (χ0v) is 11.3. The van der Waals surface area contributed by atoms with Crippen molar-refractivity contribution in [3.8, 4) is 0 Å². The number of esters is 2. The van der Waals surface area contributed by atoms with Crippen molar-refractivity contribution >= 4 is 17.7 Å². The first-order valence-corrected chi connectivity index (χ1v) is 6.09. The minimum atomic E-state index is -0.479. The van der Waals surface area contributed by atoms with Crippen LogP contribution in [0.4, 0.5) is 0 Å². The zero-order valence-electron chi connectivity index (χ0n) is 11.3. The molecule has 0 amide bonds. The summed E-state index contributed by atoms with van der Waals surface area (Å²) in [4.78, 5) is 27.7. The molecule has 0 saturated carbocycles. The third-order valence-electron chi connectivity index (χ3n) is 2.79. The fourth-order valence-corrected chi connectivity index (χ4v) is 1.86. The third kappa shape index (κ3) is 3.18. The molecule has 0 fully saturated rings. The fourth-order valence-electron chi connectivity index (χ4n) is 1.86. The van der Waals surface area contributed by atoms with Gasteiger partial charge < -0.3 is 9.47 Å². The Morgan fingerprint density at radius 1 is 1.22 bits per heavy atom. The van der Waals surface area contributed by atoms with E-state index < -0.39 is 11.9 Å². The maximum atomic E-state index is 11.8. The number of hydrogen-bond acceptors (Lipinski definition) is 5. The van der Waals surface area contributed by atoms with Crippen LogP contribution in [0.1, 0.15) is 34.1 Å². The zero-order chi connectivity index (χ0) is 13.7. The second-order valence-corrected chi connectivity index (χ2v) is 4.05. The van der Waals surface area contributed by atoms with Crippen LogP contribution < -0.4 is 0 Å². The number of nitrogens with zero attached hydrogens (tertiary/aromatic N) is 1. The lowest BCUT2D eigenvalue weighted by atomic mass is 9.91. The van der Waals surface area contributed by atoms with E-state index in [-0.39, 0.29) is 5.97 Å². The summed E-state index contributed by atoms with van der Waals surface area (Å²) >= 11 is 0. The second kappa shape index (κ2) is 6.33. The Labute approximate surface area is 107 Å². The molecule has 0 radical (unpaired) electrons. The molecule has 1 heterocycles. The molecule has 1 unspecified atom stereocenters. The third-order valence-corrected chi connectivity index (χ3v) is 2.79. The first kappa shape index (κ1) is 14.4. The van der Waals surface area contributed by atoms with Crippen molar-refractivity contribution in [2.24, 2.45) is 10.9 Å². The van der Waals surface area contributed by atoms with Gasteiger partial charge in [0.05, 0.1) is 24.7 Å². The summed E-state index contributed by atoms with van der Waals surface area (Å²) in [6.45, 7) is 7.64. The van der Waals surface area contributed by atoms with Gasteiger partial charge in [0.25, 0.3) is 0 Å². The molecular weight excluding hydrogens is 234 g/mol. The Hall–Kier alpha value is -1.65. The number of carbonyl (C=O) groups is 2. The van der Waals surface area contributed by atoms with E-state index in [0.717, 1.165) is 0 Å². The molecule has 0 aromatic heterocycles. The molecule has 0 aliphatic carbocycles. The minimum absolute atomic E-state index is 0.304. The highest BCUT2D eigenvalue weighted by Crippen LogP contribution is 2.26. The lowest BCUT2D eigenvalue weighted by Gasteiger charge is -2.21. The highest BCUT2D eigenvalue weighted by atomic mass is 16.5. The van der Waals surface area contributed by atoms with Gasteiger partial charge >= 0.3 is 11.9 Å². The van der Waals surface area contributed by atoms with Gasteiger partial charge in [0.2, 0.25) is 0 Å². The molecule has 0 N–H and O–H groups in total. The van der Waals surface area contributed by atoms with E-state index in [1.165, 1.54) is 0 Å². The van der Waals surface area contributed by atoms with E-state index in [1.807, 2.05) is 0 Å². The molecule has 1 atom stereocenters. The SMILES string of the molecule is CCOC(=O)C1=C(C)N=C(C)C(C(=O)OCC)C1. The standard InChI is InChI=1S/C13H19NO4/c1-5-17-12(15)10-7-11(13(16)18-6-2)9(4)14-8(10)3/h10H,5-7H2,1-4H3. The number of rotatable bonds is 4. The molecule has 5 nitrogen and oxygen atoms in total. The van der Waals surface area contributed by atoms with Crippen molar-refractivity contribution < 1.29 is 19.1 Å². The van der Waals surface area contributed by atoms with Gasteiger partial charge in [-0.1, -0.05) is 0 Å². The summed E-state index contributed by atoms with van der Waals surface area (Å²) in [5.74, 6) is -1.22. The quantitative estimate of drug-likeness (QED) is 0.717. The van der Waals surface area contributed by atoms with Crippen molar-refractivity contribution in [3.05, 3.63) is 11.3 Å². The van der Waals surface area contributed by atoms with Gasteiger partial charge in [0, 0.05) is 11.4 Å². The molecule has 0 saturated heterocycles. The van der Waals surface area contributed by atoms with Crippen molar-refractivity contribution in [3.63, 3.8) is 0 Å². The van der Waals surface area contributed by atoms with E-state index in [1.54, 1.807) is 27.7 Å². The van der Waals surface area contributed by atoms with Crippen LogP contribution in [0.2, 0.25) is 0 Å². The van der Waals surface area contributed by atoms with Gasteiger partial charge in [0.1, 0.15) is 0 Å². The number of carbonyl (C=O) groups excluding carboxylic acids is 2. The van der Waals surface area contributed by atoms with Crippen LogP contribution in [-0.2, 0) is 19.1 Å². The average molecular weight is 253 g/mol. The van der Waals surface area contributed by atoms with Crippen molar-refractivity contribution in [1.29, 1.82) is 0 Å². The van der Waals surface area contributed by atoms with Gasteiger partial charge in [-0.05, 0) is 34.1 Å². The molecule has 0 aromatic carbocycles. The lowest BCUT2D eigenvalue weighted by Crippen LogP contribution is -2.29. The molecule has 18 heavy (non-hydrogen) atoms. The predicted octanol–water partition coefficient (Wildman–Crippen LogP) is 1.87. The van der Waals surface area contributed by atoms with Gasteiger partial charge in [-0.25, -0.2) is 4.79 Å². The smallest absolute Gasteiger partial charge is 0.335 e. The maximum absolute atomic E-state index is 11.8. The summed E-state index contributed by atoms with van der Waals surface area (Å²) < 4.78 is 9.94. The summed E-state index contributed by atoms with van der Waals surface area (Å²) in [5.41, 5.74) is 1.76. The van der Waals surface area contributed by atoms with Crippen LogP contribution in [0.25, 0.3) is 0 Å². The fraction of sp³-hybridized carbons (Fsp3) is 0.615. The monoisotopic (exact) mass is 253 g/mol. The number of ether oxygens (including phenoxy) is 2. The summed E-state index contributed by atoms with van der Waals surface area (Å²) in [7, 11) is 0. The molecule has 5 heteroatoms. The Morgan fingerprint density at radius 2 is 1.83 bits per heavy atom. The lowest BCUT2D eigenvalue weighted by molar-refractivity contribution is -0.145. The van der Waals surface area contributed by atoms with Gasteiger partial charge in [-0.15, -0.1) is 0 Å². The minimum Gasteiger partial charge on any atom is -0.465 e. The van der Waals surface area contributed by atoms with E-state index in [2.05, 4.69) is 4.99 Å². The molecule has 0 bridgehead atoms. The molecule has 1 aliphatic rings. The molecule has 0 aromatic rings. The molecule has 100 valence electrons. The maximum Gasteiger partial charge on any atom is 0.335 e. The summed E-state index contributed by atoms with van der Waals surface area (Å²) in [6, 6.07) is 0. The van der Waals surface area contributed by atoms with E-state index in [9.17, 15) is 9.59 Å². The van der Waals surface area contributed by atoms with Crippen molar-refractivity contribution in [2.45, 2.75) is 34.1 Å². The van der Waals surface area contributed by atoms with Crippen molar-refractivity contribution in [1.82, 2.24) is 0 Å². The topological polar surface area (TPSA) is 65.0 Å². The highest BCUT2D eigenvalue weighted by molar-refractivity contribution is 6.04. The Balaban J connectivity index is 2.91. The number of hydrogen-bond donors (Lipinski definition) is 0. The van der Waals surface area contributed by atoms with Crippen LogP contribution in [0, 0.1) is 5.92 Å². The largest absolute Gasteiger partial charge is 0.465 e. The van der Waals surface area contributed by atoms with Crippen molar-refractivity contribution in [2.75, 3.05) is 13.2 Å². The van der Waals surface area contributed by atoms with E-state index in [4.69, 9.17) is 9.47 Å². The van der Waals surface area contributed by atoms with E-state index in [0.29, 0.717) is 36.6 Å². The van der Waals surface area contributed by atoms with Gasteiger partial charge in [0.15, 0.2) is 0 Å². The molecular formula is C13H19NO4. The van der Waals surface area contributed by atoms with Crippen LogP contribution in [0.5, 0.6) is 0 Å². The van der Waals surface area contributed by atoms with Gasteiger partial charge in [-0.2, -0.15) is 0 Å². The number of aliphatic imine (C=N–C) groups is 1. The Kier molecular flexibility index (Phi) is 5.07. The Morgan fingerprint density at radius 3 is 2.39 bits per heavy atom. The highest BCUT2D eigenvalue weighted by Gasteiger charge is 2.31. The summed E-state index contributed by atoms with van der Waals surface area (Å²) in [5, 5.41) is 0. The van der Waals surface area contributed by atoms with E-state index >= 15 is 0 Å². The number of allylic oxidation sites excluding steroid dienone is 1. The average Bonchev–Trinajstić information content (AvgIpc) is 2.29. The normalized spacial score (nSPS) is 19.3. The van der Waals surface area contributed by atoms with Crippen LogP contribution in [-0.4, -0.2) is 30.9 Å². The van der Waals surface area contributed by atoms with Gasteiger partial charge in [-0.3, -0.25) is 9.79 Å². The Bertz CT molecular complexity index is 409. The molecule has 1 aliphatic heterocycles. The first-order valence-electron chi connectivity index (χ1n) is 6.09. The summed E-state index contributed by atoms with van der Waals surface area (Å²) in [6.07, 6.45) is 0.304. The van der Waals surface area contributed by atoms with Crippen LogP contribution in [0.3, 0.4) is 0 Å². The van der Waals surface area contributed by atoms with Crippen LogP contribution >= 0.6 is 0 Å². The second-order valence-electron chi connectivity index (χ2n) is 4.05. The first-order chi connectivity index (χ1) is 8.51. The predicted molar refractivity (Wildman–Crippen MR) is 67.2 cm³/mol. The molecule has 0 spiro atoms. The van der Waals surface area contributed by atoms with Crippen LogP contribution in [0.15, 0.2) is 16.3 Å². The molecule has 1 rings (SSSR count).